The molecule has 2 fully saturated rings. The van der Waals surface area contributed by atoms with Crippen molar-refractivity contribution in [3.8, 4) is 11.3 Å². The van der Waals surface area contributed by atoms with Gasteiger partial charge < -0.3 is 15.2 Å². The number of benzene rings is 1. The molecule has 0 spiro atoms. The van der Waals surface area contributed by atoms with Gasteiger partial charge in [0.2, 0.25) is 11.9 Å². The molecule has 0 bridgehead atoms. The zero-order valence-electron chi connectivity index (χ0n) is 19.7. The van der Waals surface area contributed by atoms with E-state index in [1.807, 2.05) is 42.4 Å². The van der Waals surface area contributed by atoms with E-state index in [-0.39, 0.29) is 0 Å². The average molecular weight is 469 g/mol. The molecule has 0 radical (unpaired) electrons. The molecule has 9 nitrogen and oxygen atoms in total. The quantitative estimate of drug-likeness (QED) is 0.446. The fourth-order valence-corrected chi connectivity index (χ4v) is 4.65. The van der Waals surface area contributed by atoms with Gasteiger partial charge in [-0.3, -0.25) is 9.69 Å². The van der Waals surface area contributed by atoms with Gasteiger partial charge >= 0.3 is 0 Å². The predicted octanol–water partition coefficient (Wildman–Crippen LogP) is 3.52. The third kappa shape index (κ3) is 4.72. The molecule has 1 saturated carbocycles. The van der Waals surface area contributed by atoms with Crippen LogP contribution in [0.5, 0.6) is 0 Å². The van der Waals surface area contributed by atoms with E-state index in [0.29, 0.717) is 17.8 Å². The van der Waals surface area contributed by atoms with Crippen molar-refractivity contribution in [2.24, 2.45) is 5.92 Å². The molecule has 9 heteroatoms. The highest BCUT2D eigenvalue weighted by molar-refractivity contribution is 5.83. The van der Waals surface area contributed by atoms with Crippen molar-refractivity contribution in [2.75, 3.05) is 31.5 Å². The van der Waals surface area contributed by atoms with Crippen LogP contribution in [0.2, 0.25) is 0 Å². The smallest absolute Gasteiger partial charge is 0.225 e. The first-order chi connectivity index (χ1) is 17.1. The van der Waals surface area contributed by atoms with Crippen LogP contribution in [0, 0.1) is 12.8 Å². The van der Waals surface area contributed by atoms with E-state index < -0.39 is 0 Å². The maximum absolute atomic E-state index is 12.3. The minimum atomic E-state index is 0.302. The normalized spacial score (nSPS) is 16.5. The van der Waals surface area contributed by atoms with Gasteiger partial charge in [-0.1, -0.05) is 6.07 Å². The van der Waals surface area contributed by atoms with Crippen molar-refractivity contribution in [1.82, 2.24) is 34.7 Å². The van der Waals surface area contributed by atoms with Crippen LogP contribution in [0.25, 0.3) is 22.3 Å². The number of nitrogens with one attached hydrogen (secondary N) is 2. The monoisotopic (exact) mass is 468 g/mol. The van der Waals surface area contributed by atoms with Crippen molar-refractivity contribution in [1.29, 1.82) is 0 Å². The largest absolute Gasteiger partial charge is 0.340 e. The highest BCUT2D eigenvalue weighted by atomic mass is 16.2. The van der Waals surface area contributed by atoms with Gasteiger partial charge in [0.25, 0.3) is 0 Å². The lowest BCUT2D eigenvalue weighted by Crippen LogP contribution is -2.48. The van der Waals surface area contributed by atoms with Crippen molar-refractivity contribution in [3.63, 3.8) is 0 Å². The zero-order chi connectivity index (χ0) is 23.8. The first-order valence-electron chi connectivity index (χ1n) is 12.1. The molecule has 3 aromatic heterocycles. The molecule has 1 aliphatic carbocycles. The number of H-pyrrole nitrogens is 1. The Morgan fingerprint density at radius 2 is 1.97 bits per heavy atom. The number of rotatable bonds is 6. The number of nitrogens with zero attached hydrogens (tertiary/aromatic N) is 6. The number of aryl methyl sites for hydroxylation is 1. The minimum absolute atomic E-state index is 0.302. The molecular weight excluding hydrogens is 440 g/mol. The van der Waals surface area contributed by atoms with Crippen molar-refractivity contribution < 1.29 is 4.79 Å². The second-order valence-electron chi connectivity index (χ2n) is 9.42. The van der Waals surface area contributed by atoms with Crippen LogP contribution >= 0.6 is 0 Å². The van der Waals surface area contributed by atoms with Crippen molar-refractivity contribution in [2.45, 2.75) is 26.3 Å². The van der Waals surface area contributed by atoms with Gasteiger partial charge in [0.15, 0.2) is 0 Å². The summed E-state index contributed by atoms with van der Waals surface area (Å²) >= 11 is 0. The zero-order valence-corrected chi connectivity index (χ0v) is 19.7. The summed E-state index contributed by atoms with van der Waals surface area (Å²) in [4.78, 5) is 37.7. The number of aromatic amines is 1. The number of carbonyl (C=O) groups excluding carboxylic acids is 1. The first-order valence-corrected chi connectivity index (χ1v) is 12.1. The Bertz CT molecular complexity index is 1370. The third-order valence-electron chi connectivity index (χ3n) is 6.74. The lowest BCUT2D eigenvalue weighted by atomic mass is 10.1. The summed E-state index contributed by atoms with van der Waals surface area (Å²) in [5.41, 5.74) is 5.95. The van der Waals surface area contributed by atoms with E-state index in [2.05, 4.69) is 47.3 Å². The summed E-state index contributed by atoms with van der Waals surface area (Å²) in [6.45, 7) is 6.29. The summed E-state index contributed by atoms with van der Waals surface area (Å²) in [5.74, 6) is 2.05. The number of anilines is 2. The van der Waals surface area contributed by atoms with Gasteiger partial charge in [-0.2, -0.15) is 0 Å². The number of piperazine rings is 1. The molecule has 178 valence electrons. The SMILES string of the molecule is Cc1cncnc1-c1ccc2nc(Nc3cc(CN4CCN(C(=O)C5CC5)CC4)ccn3)[nH]c2c1. The summed E-state index contributed by atoms with van der Waals surface area (Å²) in [6, 6.07) is 10.2. The number of hydrogen-bond acceptors (Lipinski definition) is 7. The molecule has 1 aromatic carbocycles. The van der Waals surface area contributed by atoms with E-state index in [0.717, 1.165) is 79.2 Å². The Kier molecular flexibility index (Phi) is 5.61. The van der Waals surface area contributed by atoms with Gasteiger partial charge in [0, 0.05) is 56.6 Å². The topological polar surface area (TPSA) is 103 Å². The maximum Gasteiger partial charge on any atom is 0.225 e. The van der Waals surface area contributed by atoms with Crippen molar-refractivity contribution in [3.05, 3.63) is 60.2 Å². The third-order valence-corrected chi connectivity index (χ3v) is 6.74. The van der Waals surface area contributed by atoms with Crippen LogP contribution < -0.4 is 5.32 Å². The molecule has 1 saturated heterocycles. The molecule has 6 rings (SSSR count). The number of aromatic nitrogens is 5. The lowest BCUT2D eigenvalue weighted by molar-refractivity contribution is -0.134. The van der Waals surface area contributed by atoms with Crippen LogP contribution in [0.4, 0.5) is 11.8 Å². The Labute approximate surface area is 203 Å². The Balaban J connectivity index is 1.12. The molecule has 2 aliphatic rings. The van der Waals surface area contributed by atoms with Gasteiger partial charge in [0.05, 0.1) is 16.7 Å². The number of fused-ring (bicyclic) bond motifs is 1. The molecule has 2 N–H and O–H groups in total. The first kappa shape index (κ1) is 21.7. The predicted molar refractivity (Wildman–Crippen MR) is 134 cm³/mol. The Morgan fingerprint density at radius 3 is 2.77 bits per heavy atom. The summed E-state index contributed by atoms with van der Waals surface area (Å²) < 4.78 is 0. The maximum atomic E-state index is 12.3. The molecule has 35 heavy (non-hydrogen) atoms. The second kappa shape index (κ2) is 9.07. The van der Waals surface area contributed by atoms with E-state index in [1.165, 1.54) is 5.56 Å². The fourth-order valence-electron chi connectivity index (χ4n) is 4.65. The average Bonchev–Trinajstić information content (AvgIpc) is 3.64. The summed E-state index contributed by atoms with van der Waals surface area (Å²) in [6.07, 6.45) is 7.35. The molecule has 0 atom stereocenters. The van der Waals surface area contributed by atoms with Gasteiger partial charge in [-0.05, 0) is 55.2 Å². The fraction of sp³-hybridized carbons (Fsp3) is 0.346. The molecule has 1 aliphatic heterocycles. The number of pyridine rings is 1. The second-order valence-corrected chi connectivity index (χ2v) is 9.42. The molecule has 1 amide bonds. The standard InChI is InChI=1S/C26H28N8O/c1-17-14-27-16-29-24(17)20-4-5-21-22(13-20)31-26(30-21)32-23-12-18(6-7-28-23)15-33-8-10-34(11-9-33)25(35)19-2-3-19/h4-7,12-14,16,19H,2-3,8-11,15H2,1H3,(H2,28,30,31,32). The highest BCUT2D eigenvalue weighted by Gasteiger charge is 2.34. The highest BCUT2D eigenvalue weighted by Crippen LogP contribution is 2.31. The Hall–Kier alpha value is -3.85. The summed E-state index contributed by atoms with van der Waals surface area (Å²) in [7, 11) is 0. The molecular formula is C26H28N8O. The van der Waals surface area contributed by atoms with E-state index in [1.54, 1.807) is 6.33 Å². The van der Waals surface area contributed by atoms with Crippen LogP contribution in [-0.4, -0.2) is 66.8 Å². The molecule has 4 heterocycles. The number of carbonyl (C=O) groups is 1. The van der Waals surface area contributed by atoms with Crippen LogP contribution in [0.15, 0.2) is 49.1 Å². The van der Waals surface area contributed by atoms with Gasteiger partial charge in [0.1, 0.15) is 12.1 Å². The number of imidazole rings is 1. The van der Waals surface area contributed by atoms with Crippen LogP contribution in [0.3, 0.4) is 0 Å². The molecule has 0 unspecified atom stereocenters. The van der Waals surface area contributed by atoms with E-state index in [9.17, 15) is 4.79 Å². The lowest BCUT2D eigenvalue weighted by Gasteiger charge is -2.34. The van der Waals surface area contributed by atoms with Crippen molar-refractivity contribution >= 4 is 28.7 Å². The van der Waals surface area contributed by atoms with Gasteiger partial charge in [-0.25, -0.2) is 19.9 Å². The van der Waals surface area contributed by atoms with E-state index >= 15 is 0 Å². The Morgan fingerprint density at radius 1 is 1.11 bits per heavy atom. The van der Waals surface area contributed by atoms with Gasteiger partial charge in [-0.15, -0.1) is 0 Å². The molecule has 4 aromatic rings. The van der Waals surface area contributed by atoms with E-state index in [4.69, 9.17) is 0 Å². The summed E-state index contributed by atoms with van der Waals surface area (Å²) in [5, 5.41) is 3.31. The number of hydrogen-bond donors (Lipinski definition) is 2. The van der Waals surface area contributed by atoms with Crippen LogP contribution in [0.1, 0.15) is 24.0 Å². The number of amides is 1. The van der Waals surface area contributed by atoms with Crippen LogP contribution in [-0.2, 0) is 11.3 Å². The minimum Gasteiger partial charge on any atom is -0.340 e.